The van der Waals surface area contributed by atoms with Crippen LogP contribution in [-0.4, -0.2) is 70.8 Å². The second-order valence-electron chi connectivity index (χ2n) is 7.61. The SMILES string of the molecule is COC(=O)C1O[C@@H](Oc2ccc3c(c2)OCC(c2ccc(O)cc2)C3)[C@@H](O)[C@@H](O)[C@@H]1O. The van der Waals surface area contributed by atoms with E-state index in [2.05, 4.69) is 4.74 Å². The number of methoxy groups -OCH3 is 1. The van der Waals surface area contributed by atoms with Gasteiger partial charge in [-0.3, -0.25) is 0 Å². The Morgan fingerprint density at radius 3 is 2.48 bits per heavy atom. The van der Waals surface area contributed by atoms with E-state index in [9.17, 15) is 25.2 Å². The highest BCUT2D eigenvalue weighted by molar-refractivity contribution is 5.75. The number of hydrogen-bond donors (Lipinski definition) is 4. The third-order valence-corrected chi connectivity index (χ3v) is 5.56. The Hall–Kier alpha value is -2.85. The van der Waals surface area contributed by atoms with E-state index in [0.29, 0.717) is 18.1 Å². The lowest BCUT2D eigenvalue weighted by atomic mass is 9.90. The number of aliphatic hydroxyl groups excluding tert-OH is 3. The van der Waals surface area contributed by atoms with E-state index < -0.39 is 36.7 Å². The molecule has 0 saturated carbocycles. The summed E-state index contributed by atoms with van der Waals surface area (Å²) in [7, 11) is 1.12. The van der Waals surface area contributed by atoms with Crippen LogP contribution in [0.25, 0.3) is 0 Å². The molecule has 2 unspecified atom stereocenters. The fraction of sp³-hybridized carbons (Fsp3) is 0.409. The van der Waals surface area contributed by atoms with E-state index in [4.69, 9.17) is 14.2 Å². The Morgan fingerprint density at radius 1 is 1.03 bits per heavy atom. The first kappa shape index (κ1) is 21.4. The molecule has 0 spiro atoms. The number of rotatable bonds is 4. The van der Waals surface area contributed by atoms with Crippen molar-refractivity contribution in [3.05, 3.63) is 53.6 Å². The zero-order valence-corrected chi connectivity index (χ0v) is 16.7. The molecule has 9 heteroatoms. The number of fused-ring (bicyclic) bond motifs is 1. The molecule has 2 aromatic carbocycles. The van der Waals surface area contributed by atoms with E-state index in [1.54, 1.807) is 24.3 Å². The topological polar surface area (TPSA) is 135 Å². The first-order valence-electron chi connectivity index (χ1n) is 9.86. The van der Waals surface area contributed by atoms with E-state index in [1.165, 1.54) is 0 Å². The summed E-state index contributed by atoms with van der Waals surface area (Å²) in [5, 5.41) is 39.7. The second-order valence-corrected chi connectivity index (χ2v) is 7.61. The molecule has 0 radical (unpaired) electrons. The lowest BCUT2D eigenvalue weighted by molar-refractivity contribution is -0.271. The summed E-state index contributed by atoms with van der Waals surface area (Å²) >= 11 is 0. The number of phenolic OH excluding ortho intramolecular Hbond substituents is 1. The van der Waals surface area contributed by atoms with Crippen molar-refractivity contribution in [1.82, 2.24) is 0 Å². The van der Waals surface area contributed by atoms with Crippen LogP contribution >= 0.6 is 0 Å². The minimum Gasteiger partial charge on any atom is -0.508 e. The molecule has 0 aromatic heterocycles. The summed E-state index contributed by atoms with van der Waals surface area (Å²) in [6.07, 6.45) is -7.03. The summed E-state index contributed by atoms with van der Waals surface area (Å²) in [5.74, 6) is 0.379. The fourth-order valence-corrected chi connectivity index (χ4v) is 3.78. The van der Waals surface area contributed by atoms with Crippen molar-refractivity contribution in [3.8, 4) is 17.2 Å². The molecule has 2 aliphatic heterocycles. The van der Waals surface area contributed by atoms with Crippen molar-refractivity contribution < 1.29 is 44.2 Å². The molecule has 4 rings (SSSR count). The highest BCUT2D eigenvalue weighted by atomic mass is 16.7. The van der Waals surface area contributed by atoms with Crippen LogP contribution in [0, 0.1) is 0 Å². The van der Waals surface area contributed by atoms with E-state index in [1.807, 2.05) is 18.2 Å². The van der Waals surface area contributed by atoms with Crippen molar-refractivity contribution in [2.75, 3.05) is 13.7 Å². The number of carbonyl (C=O) groups is 1. The first-order valence-corrected chi connectivity index (χ1v) is 9.86. The van der Waals surface area contributed by atoms with Crippen LogP contribution in [0.15, 0.2) is 42.5 Å². The Bertz CT molecular complexity index is 929. The average Bonchev–Trinajstić information content (AvgIpc) is 2.79. The number of ether oxygens (including phenoxy) is 4. The minimum absolute atomic E-state index is 0.140. The molecule has 6 atom stereocenters. The number of carbonyl (C=O) groups excluding carboxylic acids is 1. The molecular weight excluding hydrogens is 408 g/mol. The van der Waals surface area contributed by atoms with Crippen LogP contribution in [-0.2, 0) is 20.7 Å². The molecule has 0 amide bonds. The summed E-state index contributed by atoms with van der Waals surface area (Å²) in [4.78, 5) is 11.8. The highest BCUT2D eigenvalue weighted by Crippen LogP contribution is 2.36. The lowest BCUT2D eigenvalue weighted by Gasteiger charge is -2.39. The van der Waals surface area contributed by atoms with Crippen molar-refractivity contribution in [2.24, 2.45) is 0 Å². The van der Waals surface area contributed by atoms with Gasteiger partial charge >= 0.3 is 5.97 Å². The largest absolute Gasteiger partial charge is 0.508 e. The van der Waals surface area contributed by atoms with Gasteiger partial charge in [0.15, 0.2) is 6.10 Å². The number of aromatic hydroxyl groups is 1. The van der Waals surface area contributed by atoms with Gasteiger partial charge in [0.25, 0.3) is 0 Å². The Balaban J connectivity index is 1.47. The number of esters is 1. The molecular formula is C22H24O9. The number of aliphatic hydroxyl groups is 3. The zero-order chi connectivity index (χ0) is 22.1. The van der Waals surface area contributed by atoms with Gasteiger partial charge in [0.05, 0.1) is 13.7 Å². The van der Waals surface area contributed by atoms with E-state index >= 15 is 0 Å². The molecule has 1 saturated heterocycles. The van der Waals surface area contributed by atoms with Crippen molar-refractivity contribution in [1.29, 1.82) is 0 Å². The minimum atomic E-state index is -1.65. The molecule has 166 valence electrons. The quantitative estimate of drug-likeness (QED) is 0.509. The summed E-state index contributed by atoms with van der Waals surface area (Å²) in [6.45, 7) is 0.444. The Kier molecular flexibility index (Phi) is 6.01. The molecule has 2 aliphatic rings. The van der Waals surface area contributed by atoms with Gasteiger partial charge in [-0.05, 0) is 35.7 Å². The summed E-state index contributed by atoms with van der Waals surface area (Å²) < 4.78 is 21.4. The van der Waals surface area contributed by atoms with Crippen LogP contribution in [0.4, 0.5) is 0 Å². The first-order chi connectivity index (χ1) is 14.9. The molecule has 9 nitrogen and oxygen atoms in total. The smallest absolute Gasteiger partial charge is 0.337 e. The maximum absolute atomic E-state index is 11.8. The number of hydrogen-bond acceptors (Lipinski definition) is 9. The highest BCUT2D eigenvalue weighted by Gasteiger charge is 2.48. The molecule has 2 aromatic rings. The predicted molar refractivity (Wildman–Crippen MR) is 106 cm³/mol. The standard InChI is InChI=1S/C22H24O9/c1-28-21(27)20-18(25)17(24)19(26)22(31-20)30-15-7-4-12-8-13(10-29-16(12)9-15)11-2-5-14(23)6-3-11/h2-7,9,13,17-20,22-26H,8,10H2,1H3/t13?,17-,18-,19-,20?,22+/m0/s1. The van der Waals surface area contributed by atoms with Crippen LogP contribution in [0.3, 0.4) is 0 Å². The van der Waals surface area contributed by atoms with Crippen LogP contribution in [0.1, 0.15) is 17.0 Å². The van der Waals surface area contributed by atoms with Crippen LogP contribution < -0.4 is 9.47 Å². The summed E-state index contributed by atoms with van der Waals surface area (Å²) in [5.41, 5.74) is 2.02. The molecule has 31 heavy (non-hydrogen) atoms. The van der Waals surface area contributed by atoms with Gasteiger partial charge in [0.1, 0.15) is 35.6 Å². The zero-order valence-electron chi connectivity index (χ0n) is 16.7. The predicted octanol–water partition coefficient (Wildman–Crippen LogP) is 0.470. The maximum Gasteiger partial charge on any atom is 0.337 e. The van der Waals surface area contributed by atoms with Gasteiger partial charge in [0, 0.05) is 12.0 Å². The summed E-state index contributed by atoms with van der Waals surface area (Å²) in [6, 6.07) is 12.2. The average molecular weight is 432 g/mol. The second kappa shape index (κ2) is 8.72. The Labute approximate surface area is 178 Å². The van der Waals surface area contributed by atoms with Crippen molar-refractivity contribution in [2.45, 2.75) is 43.0 Å². The third kappa shape index (κ3) is 4.31. The van der Waals surface area contributed by atoms with Crippen LogP contribution in [0.5, 0.6) is 17.2 Å². The third-order valence-electron chi connectivity index (χ3n) is 5.56. The number of benzene rings is 2. The van der Waals surface area contributed by atoms with E-state index in [0.717, 1.165) is 24.7 Å². The van der Waals surface area contributed by atoms with Crippen molar-refractivity contribution in [3.63, 3.8) is 0 Å². The number of phenols is 1. The van der Waals surface area contributed by atoms with Gasteiger partial charge in [-0.15, -0.1) is 0 Å². The van der Waals surface area contributed by atoms with Crippen LogP contribution in [0.2, 0.25) is 0 Å². The van der Waals surface area contributed by atoms with Crippen molar-refractivity contribution >= 4 is 5.97 Å². The molecule has 2 heterocycles. The molecule has 4 N–H and O–H groups in total. The molecule has 1 fully saturated rings. The Morgan fingerprint density at radius 2 is 1.77 bits per heavy atom. The van der Waals surface area contributed by atoms with Gasteiger partial charge in [-0.2, -0.15) is 0 Å². The maximum atomic E-state index is 11.8. The fourth-order valence-electron chi connectivity index (χ4n) is 3.78. The van der Waals surface area contributed by atoms with Gasteiger partial charge in [0.2, 0.25) is 6.29 Å². The molecule has 0 aliphatic carbocycles. The molecule has 0 bridgehead atoms. The van der Waals surface area contributed by atoms with E-state index in [-0.39, 0.29) is 11.7 Å². The monoisotopic (exact) mass is 432 g/mol. The van der Waals surface area contributed by atoms with Gasteiger partial charge in [-0.25, -0.2) is 4.79 Å². The lowest BCUT2D eigenvalue weighted by Crippen LogP contribution is -2.61. The van der Waals surface area contributed by atoms with Gasteiger partial charge in [-0.1, -0.05) is 18.2 Å². The normalized spacial score (nSPS) is 30.1. The van der Waals surface area contributed by atoms with Gasteiger partial charge < -0.3 is 39.4 Å².